The maximum absolute atomic E-state index is 9.01. The molecule has 0 spiro atoms. The molecule has 8 heavy (non-hydrogen) atoms. The third kappa shape index (κ3) is 46.6. The third-order valence-electron chi connectivity index (χ3n) is 0.0660. The molecule has 0 fully saturated rings. The van der Waals surface area contributed by atoms with Crippen molar-refractivity contribution in [2.75, 3.05) is 0 Å². The minimum absolute atomic E-state index is 1.22. The fraction of sp³-hybridized carbons (Fsp3) is 0. The molecule has 1 N–H and O–H groups in total. The minimum atomic E-state index is -1.48. The zero-order chi connectivity index (χ0) is 6.99. The lowest BCUT2D eigenvalue weighted by atomic mass is 11.3. The fourth-order valence-electron chi connectivity index (χ4n) is 0. The van der Waals surface area contributed by atoms with E-state index in [1.165, 1.54) is 5.54 Å². The van der Waals surface area contributed by atoms with Crippen molar-refractivity contribution >= 4 is 29.6 Å². The third-order valence-corrected chi connectivity index (χ3v) is 0.198. The quantitative estimate of drug-likeness (QED) is 0.589. The van der Waals surface area contributed by atoms with Crippen LogP contribution in [0.3, 0.4) is 0 Å². The maximum atomic E-state index is 9.01. The summed E-state index contributed by atoms with van der Waals surface area (Å²) in [5, 5.41) is 7.37. The largest absolute Gasteiger partial charge is 0.524 e. The van der Waals surface area contributed by atoms with Crippen LogP contribution in [0.15, 0.2) is 12.1 Å². The van der Waals surface area contributed by atoms with Crippen LogP contribution in [-0.2, 0) is 4.29 Å². The molecule has 0 saturated carbocycles. The Morgan fingerprint density at radius 1 is 1.88 bits per heavy atom. The van der Waals surface area contributed by atoms with Crippen LogP contribution in [0, 0.1) is 0 Å². The average molecular weight is 159 g/mol. The molecule has 0 aromatic carbocycles. The Bertz CT molecular complexity index is 72.9. The van der Waals surface area contributed by atoms with Crippen molar-refractivity contribution in [1.82, 2.24) is 0 Å². The van der Waals surface area contributed by atoms with Crippen molar-refractivity contribution in [3.63, 3.8) is 0 Å². The van der Waals surface area contributed by atoms with Crippen molar-refractivity contribution < 1.29 is 14.2 Å². The van der Waals surface area contributed by atoms with E-state index in [4.69, 9.17) is 21.5 Å². The Kier molecular flexibility index (Phi) is 12.9. The first kappa shape index (κ1) is 10.5. The first-order chi connectivity index (χ1) is 3.68. The number of carboxylic acid groups (broad SMARTS) is 1. The lowest BCUT2D eigenvalue weighted by molar-refractivity contribution is 0.149. The Hall–Kier alpha value is -0.410. The second kappa shape index (κ2) is 9.77. The van der Waals surface area contributed by atoms with Gasteiger partial charge in [-0.05, 0) is 5.54 Å². The van der Waals surface area contributed by atoms with Gasteiger partial charge in [0.25, 0.3) is 0 Å². The standard InChI is InChI=1S/C2H3Cl.CHClO3/c1-2-3;2-5-1(3)4/h2H,1H2;(H,3,4). The highest BCUT2D eigenvalue weighted by Crippen LogP contribution is 1.75. The van der Waals surface area contributed by atoms with E-state index in [9.17, 15) is 0 Å². The second-order valence-electron chi connectivity index (χ2n) is 0.497. The molecule has 0 aromatic rings. The molecule has 3 nitrogen and oxygen atoms in total. The molecule has 0 rings (SSSR count). The maximum Gasteiger partial charge on any atom is 0.524 e. The first-order valence-electron chi connectivity index (χ1n) is 1.41. The lowest BCUT2D eigenvalue weighted by Crippen LogP contribution is -1.85. The summed E-state index contributed by atoms with van der Waals surface area (Å²) in [6, 6.07) is 0. The Labute approximate surface area is 56.6 Å². The van der Waals surface area contributed by atoms with Crippen LogP contribution in [0.2, 0.25) is 0 Å². The number of hydrogen-bond donors (Lipinski definition) is 1. The summed E-state index contributed by atoms with van der Waals surface area (Å²) >= 11 is 9.00. The summed E-state index contributed by atoms with van der Waals surface area (Å²) in [6.45, 7) is 3.13. The summed E-state index contributed by atoms with van der Waals surface area (Å²) < 4.78 is 3.14. The predicted octanol–water partition coefficient (Wildman–Crippen LogP) is 2.20. The van der Waals surface area contributed by atoms with Crippen LogP contribution < -0.4 is 0 Å². The Morgan fingerprint density at radius 3 is 2.00 bits per heavy atom. The van der Waals surface area contributed by atoms with Gasteiger partial charge in [0, 0.05) is 0 Å². The summed E-state index contributed by atoms with van der Waals surface area (Å²) in [5.74, 6) is 0. The Balaban J connectivity index is 0. The zero-order valence-corrected chi connectivity index (χ0v) is 5.32. The van der Waals surface area contributed by atoms with Gasteiger partial charge in [0.15, 0.2) is 0 Å². The van der Waals surface area contributed by atoms with Crippen LogP contribution in [0.5, 0.6) is 0 Å². The number of hydrogen-bond acceptors (Lipinski definition) is 2. The monoisotopic (exact) mass is 158 g/mol. The van der Waals surface area contributed by atoms with Crippen molar-refractivity contribution in [2.45, 2.75) is 0 Å². The van der Waals surface area contributed by atoms with E-state index in [1.54, 1.807) is 0 Å². The van der Waals surface area contributed by atoms with Gasteiger partial charge in [-0.3, -0.25) is 0 Å². The number of carbonyl (C=O) groups is 1. The van der Waals surface area contributed by atoms with Crippen molar-refractivity contribution in [1.29, 1.82) is 0 Å². The molecule has 0 saturated heterocycles. The summed E-state index contributed by atoms with van der Waals surface area (Å²) in [4.78, 5) is 9.01. The smallest absolute Gasteiger partial charge is 0.449 e. The molecular formula is C3H4Cl2O3. The number of halogens is 2. The fourth-order valence-corrected chi connectivity index (χ4v) is 0. The van der Waals surface area contributed by atoms with Crippen molar-refractivity contribution in [3.8, 4) is 0 Å². The molecule has 0 amide bonds. The SMILES string of the molecule is C=CCl.O=C(O)OCl. The average Bonchev–Trinajstić information content (AvgIpc) is 1.69. The molecule has 48 valence electrons. The van der Waals surface area contributed by atoms with Gasteiger partial charge in [-0.2, -0.15) is 0 Å². The summed E-state index contributed by atoms with van der Waals surface area (Å²) in [6.07, 6.45) is -1.48. The molecule has 0 atom stereocenters. The first-order valence-corrected chi connectivity index (χ1v) is 2.16. The number of rotatable bonds is 0. The highest BCUT2D eigenvalue weighted by Gasteiger charge is 1.84. The van der Waals surface area contributed by atoms with Crippen LogP contribution in [-0.4, -0.2) is 11.3 Å². The minimum Gasteiger partial charge on any atom is -0.449 e. The van der Waals surface area contributed by atoms with Gasteiger partial charge in [0.1, 0.15) is 11.9 Å². The van der Waals surface area contributed by atoms with Gasteiger partial charge >= 0.3 is 6.16 Å². The van der Waals surface area contributed by atoms with Crippen molar-refractivity contribution in [3.05, 3.63) is 12.1 Å². The molecule has 0 aliphatic heterocycles. The van der Waals surface area contributed by atoms with Gasteiger partial charge in [-0.15, -0.1) is 0 Å². The van der Waals surface area contributed by atoms with E-state index in [-0.39, 0.29) is 0 Å². The van der Waals surface area contributed by atoms with Crippen LogP contribution in [0.1, 0.15) is 0 Å². The predicted molar refractivity (Wildman–Crippen MR) is 31.0 cm³/mol. The molecule has 0 bridgehead atoms. The van der Waals surface area contributed by atoms with Crippen molar-refractivity contribution in [2.24, 2.45) is 0 Å². The lowest BCUT2D eigenvalue weighted by Gasteiger charge is -1.73. The van der Waals surface area contributed by atoms with Crippen LogP contribution >= 0.6 is 23.5 Å². The van der Waals surface area contributed by atoms with Gasteiger partial charge in [-0.25, -0.2) is 4.79 Å². The van der Waals surface area contributed by atoms with Crippen LogP contribution in [0.25, 0.3) is 0 Å². The van der Waals surface area contributed by atoms with Gasteiger partial charge < -0.3 is 9.40 Å². The summed E-state index contributed by atoms with van der Waals surface area (Å²) in [7, 11) is 0. The molecule has 0 radical (unpaired) electrons. The Morgan fingerprint density at radius 2 is 2.00 bits per heavy atom. The van der Waals surface area contributed by atoms with E-state index < -0.39 is 6.16 Å². The highest BCUT2D eigenvalue weighted by atomic mass is 35.5. The molecule has 0 aliphatic carbocycles. The van der Waals surface area contributed by atoms with Gasteiger partial charge in [0.2, 0.25) is 0 Å². The van der Waals surface area contributed by atoms with Crippen LogP contribution in [0.4, 0.5) is 4.79 Å². The summed E-state index contributed by atoms with van der Waals surface area (Å²) in [5.41, 5.74) is 1.22. The van der Waals surface area contributed by atoms with E-state index in [0.29, 0.717) is 0 Å². The molecular weight excluding hydrogens is 155 g/mol. The molecule has 0 aromatic heterocycles. The topological polar surface area (TPSA) is 46.5 Å². The van der Waals surface area contributed by atoms with E-state index in [0.717, 1.165) is 0 Å². The van der Waals surface area contributed by atoms with E-state index in [1.807, 2.05) is 0 Å². The molecule has 0 aliphatic rings. The molecule has 0 heterocycles. The van der Waals surface area contributed by atoms with Gasteiger partial charge in [0.05, 0.1) is 0 Å². The highest BCUT2D eigenvalue weighted by molar-refractivity contribution is 6.25. The second-order valence-corrected chi connectivity index (χ2v) is 0.960. The normalized spacial score (nSPS) is 5.75. The molecule has 0 unspecified atom stereocenters. The molecule has 5 heteroatoms. The van der Waals surface area contributed by atoms with E-state index >= 15 is 0 Å². The van der Waals surface area contributed by atoms with Gasteiger partial charge in [-0.1, -0.05) is 18.2 Å². The van der Waals surface area contributed by atoms with E-state index in [2.05, 4.69) is 22.7 Å². The zero-order valence-electron chi connectivity index (χ0n) is 3.80.